The van der Waals surface area contributed by atoms with Gasteiger partial charge in [-0.3, -0.25) is 9.58 Å². The molecular weight excluding hydrogens is 336 g/mol. The maximum Gasteiger partial charge on any atom is 0.115 e. The minimum atomic E-state index is 0.0773. The van der Waals surface area contributed by atoms with Crippen molar-refractivity contribution in [3.63, 3.8) is 0 Å². The minimum Gasteiger partial charge on any atom is -0.508 e. The van der Waals surface area contributed by atoms with Gasteiger partial charge in [0.1, 0.15) is 5.75 Å². The largest absolute Gasteiger partial charge is 0.508 e. The van der Waals surface area contributed by atoms with Crippen molar-refractivity contribution in [2.45, 2.75) is 19.0 Å². The van der Waals surface area contributed by atoms with Crippen molar-refractivity contribution in [2.24, 2.45) is 7.05 Å². The van der Waals surface area contributed by atoms with E-state index in [-0.39, 0.29) is 6.04 Å². The molecule has 0 amide bonds. The molecule has 5 rings (SSSR count). The van der Waals surface area contributed by atoms with Crippen LogP contribution in [0.2, 0.25) is 0 Å². The molecule has 136 valence electrons. The summed E-state index contributed by atoms with van der Waals surface area (Å²) < 4.78 is 1.84. The number of aromatic amines is 1. The molecule has 0 saturated heterocycles. The van der Waals surface area contributed by atoms with Gasteiger partial charge in [-0.1, -0.05) is 30.3 Å². The van der Waals surface area contributed by atoms with E-state index >= 15 is 0 Å². The summed E-state index contributed by atoms with van der Waals surface area (Å²) in [7, 11) is 1.95. The fourth-order valence-electron chi connectivity index (χ4n) is 4.32. The van der Waals surface area contributed by atoms with Gasteiger partial charge in [-0.15, -0.1) is 0 Å². The number of aryl methyl sites for hydroxylation is 1. The van der Waals surface area contributed by atoms with Gasteiger partial charge in [0, 0.05) is 48.5 Å². The molecule has 3 heterocycles. The van der Waals surface area contributed by atoms with Crippen molar-refractivity contribution in [3.05, 3.63) is 83.3 Å². The second kappa shape index (κ2) is 6.28. The van der Waals surface area contributed by atoms with Crippen molar-refractivity contribution >= 4 is 10.9 Å². The van der Waals surface area contributed by atoms with Crippen molar-refractivity contribution in [1.29, 1.82) is 0 Å². The van der Waals surface area contributed by atoms with Gasteiger partial charge >= 0.3 is 0 Å². The second-order valence-electron chi connectivity index (χ2n) is 7.30. The molecule has 2 aromatic carbocycles. The van der Waals surface area contributed by atoms with Crippen molar-refractivity contribution in [2.75, 3.05) is 6.54 Å². The molecule has 1 atom stereocenters. The number of nitrogens with zero attached hydrogens (tertiary/aromatic N) is 3. The Kier molecular flexibility index (Phi) is 3.76. The summed E-state index contributed by atoms with van der Waals surface area (Å²) >= 11 is 0. The standard InChI is InChI=1S/C22H22N4O/c1-25-13-15(12-23-25)14-26-10-9-19-18-7-2-3-8-20(18)24-21(19)22(26)16-5-4-6-17(27)11-16/h2-8,11-13,22,24,27H,9-10,14H2,1H3. The molecule has 1 aliphatic heterocycles. The minimum absolute atomic E-state index is 0.0773. The zero-order chi connectivity index (χ0) is 18.4. The van der Waals surface area contributed by atoms with E-state index in [0.29, 0.717) is 5.75 Å². The van der Waals surface area contributed by atoms with Crippen LogP contribution in [0.25, 0.3) is 10.9 Å². The number of aromatic nitrogens is 3. The van der Waals surface area contributed by atoms with E-state index < -0.39 is 0 Å². The number of fused-ring (bicyclic) bond motifs is 3. The fourth-order valence-corrected chi connectivity index (χ4v) is 4.32. The summed E-state index contributed by atoms with van der Waals surface area (Å²) in [5.74, 6) is 0.303. The number of aromatic hydroxyl groups is 1. The van der Waals surface area contributed by atoms with Crippen LogP contribution in [0.4, 0.5) is 0 Å². The maximum absolute atomic E-state index is 10.1. The number of hydrogen-bond acceptors (Lipinski definition) is 3. The maximum atomic E-state index is 10.1. The summed E-state index contributed by atoms with van der Waals surface area (Å²) in [5, 5.41) is 15.7. The Labute approximate surface area is 157 Å². The average Bonchev–Trinajstić information content (AvgIpc) is 3.24. The highest BCUT2D eigenvalue weighted by molar-refractivity contribution is 5.85. The molecule has 1 aliphatic rings. The third-order valence-corrected chi connectivity index (χ3v) is 5.46. The van der Waals surface area contributed by atoms with Gasteiger partial charge in [0.2, 0.25) is 0 Å². The van der Waals surface area contributed by atoms with E-state index in [1.165, 1.54) is 27.7 Å². The summed E-state index contributed by atoms with van der Waals surface area (Å²) in [6.45, 7) is 1.78. The number of hydrogen-bond donors (Lipinski definition) is 2. The van der Waals surface area contributed by atoms with Crippen molar-refractivity contribution in [1.82, 2.24) is 19.7 Å². The summed E-state index contributed by atoms with van der Waals surface area (Å²) in [5.41, 5.74) is 6.10. The van der Waals surface area contributed by atoms with E-state index in [9.17, 15) is 5.11 Å². The van der Waals surface area contributed by atoms with Gasteiger partial charge in [0.15, 0.2) is 0 Å². The van der Waals surface area contributed by atoms with Crippen LogP contribution in [-0.4, -0.2) is 31.3 Å². The third-order valence-electron chi connectivity index (χ3n) is 5.46. The Morgan fingerprint density at radius 3 is 2.89 bits per heavy atom. The highest BCUT2D eigenvalue weighted by atomic mass is 16.3. The second-order valence-corrected chi connectivity index (χ2v) is 7.30. The smallest absolute Gasteiger partial charge is 0.115 e. The summed E-state index contributed by atoms with van der Waals surface area (Å²) in [4.78, 5) is 6.12. The molecule has 4 aromatic rings. The molecule has 27 heavy (non-hydrogen) atoms. The first-order valence-corrected chi connectivity index (χ1v) is 9.29. The fraction of sp³-hybridized carbons (Fsp3) is 0.227. The zero-order valence-corrected chi connectivity index (χ0v) is 15.3. The van der Waals surface area contributed by atoms with E-state index in [2.05, 4.69) is 51.5 Å². The van der Waals surface area contributed by atoms with Gasteiger partial charge in [-0.2, -0.15) is 5.10 Å². The van der Waals surface area contributed by atoms with Crippen LogP contribution in [0, 0.1) is 0 Å². The Balaban J connectivity index is 1.63. The predicted octanol–water partition coefficient (Wildman–Crippen LogP) is 3.75. The topological polar surface area (TPSA) is 57.1 Å². The first-order chi connectivity index (χ1) is 13.2. The van der Waals surface area contributed by atoms with Gasteiger partial charge in [-0.25, -0.2) is 0 Å². The average molecular weight is 358 g/mol. The van der Waals surface area contributed by atoms with E-state index in [4.69, 9.17) is 0 Å². The van der Waals surface area contributed by atoms with Crippen molar-refractivity contribution < 1.29 is 5.11 Å². The normalized spacial score (nSPS) is 17.3. The number of H-pyrrole nitrogens is 1. The Hall–Kier alpha value is -3.05. The molecule has 5 heteroatoms. The quantitative estimate of drug-likeness (QED) is 0.586. The van der Waals surface area contributed by atoms with E-state index in [1.54, 1.807) is 6.07 Å². The number of phenols is 1. The van der Waals surface area contributed by atoms with E-state index in [0.717, 1.165) is 25.1 Å². The van der Waals surface area contributed by atoms with Crippen LogP contribution in [0.5, 0.6) is 5.75 Å². The molecule has 0 fully saturated rings. The molecule has 5 nitrogen and oxygen atoms in total. The SMILES string of the molecule is Cn1cc(CN2CCc3c([nH]c4ccccc34)C2c2cccc(O)c2)cn1. The molecule has 0 radical (unpaired) electrons. The van der Waals surface area contributed by atoms with Crippen LogP contribution in [0.1, 0.15) is 28.4 Å². The van der Waals surface area contributed by atoms with Crippen LogP contribution >= 0.6 is 0 Å². The van der Waals surface area contributed by atoms with Gasteiger partial charge in [0.05, 0.1) is 12.2 Å². The number of benzene rings is 2. The van der Waals surface area contributed by atoms with Gasteiger partial charge < -0.3 is 10.1 Å². The number of para-hydroxylation sites is 1. The number of nitrogens with one attached hydrogen (secondary N) is 1. The number of rotatable bonds is 3. The predicted molar refractivity (Wildman–Crippen MR) is 106 cm³/mol. The van der Waals surface area contributed by atoms with E-state index in [1.807, 2.05) is 30.1 Å². The molecule has 2 aromatic heterocycles. The third kappa shape index (κ3) is 2.80. The summed E-state index contributed by atoms with van der Waals surface area (Å²) in [6.07, 6.45) is 5.01. The first-order valence-electron chi connectivity index (χ1n) is 9.29. The molecule has 2 N–H and O–H groups in total. The van der Waals surface area contributed by atoms with Crippen LogP contribution in [0.15, 0.2) is 60.9 Å². The Bertz CT molecular complexity index is 1110. The molecule has 0 aliphatic carbocycles. The Morgan fingerprint density at radius 1 is 1.19 bits per heavy atom. The lowest BCUT2D eigenvalue weighted by Gasteiger charge is -2.36. The van der Waals surface area contributed by atoms with Crippen LogP contribution in [-0.2, 0) is 20.0 Å². The van der Waals surface area contributed by atoms with Crippen LogP contribution < -0.4 is 0 Å². The lowest BCUT2D eigenvalue weighted by atomic mass is 9.92. The molecule has 1 unspecified atom stereocenters. The van der Waals surface area contributed by atoms with Gasteiger partial charge in [0.25, 0.3) is 0 Å². The van der Waals surface area contributed by atoms with Gasteiger partial charge in [-0.05, 0) is 35.7 Å². The number of phenolic OH excluding ortho intramolecular Hbond substituents is 1. The molecule has 0 bridgehead atoms. The van der Waals surface area contributed by atoms with Crippen LogP contribution in [0.3, 0.4) is 0 Å². The lowest BCUT2D eigenvalue weighted by Crippen LogP contribution is -2.35. The highest BCUT2D eigenvalue weighted by Crippen LogP contribution is 2.39. The monoisotopic (exact) mass is 358 g/mol. The zero-order valence-electron chi connectivity index (χ0n) is 15.3. The van der Waals surface area contributed by atoms with Crippen molar-refractivity contribution in [3.8, 4) is 5.75 Å². The lowest BCUT2D eigenvalue weighted by molar-refractivity contribution is 0.201. The first kappa shape index (κ1) is 16.1. The highest BCUT2D eigenvalue weighted by Gasteiger charge is 2.32. The molecule has 0 saturated carbocycles. The molecule has 0 spiro atoms. The summed E-state index contributed by atoms with van der Waals surface area (Å²) in [6, 6.07) is 16.2. The molecular formula is C22H22N4O. The Morgan fingerprint density at radius 2 is 2.07 bits per heavy atom.